The molecule has 1 saturated carbocycles. The average Bonchev–Trinajstić information content (AvgIpc) is 3.04. The molecule has 2 aliphatic rings. The molecule has 1 unspecified atom stereocenters. The number of fused-ring (bicyclic) bond motifs is 3. The minimum absolute atomic E-state index is 0.167. The van der Waals surface area contributed by atoms with Gasteiger partial charge in [0.15, 0.2) is 5.16 Å². The van der Waals surface area contributed by atoms with Gasteiger partial charge in [0.1, 0.15) is 4.83 Å². The molecule has 1 aliphatic carbocycles. The number of nitrogens with zero attached hydrogens (tertiary/aromatic N) is 2. The third-order valence-corrected chi connectivity index (χ3v) is 7.80. The molecule has 4 nitrogen and oxygen atoms in total. The minimum atomic E-state index is 0.167. The van der Waals surface area contributed by atoms with E-state index in [0.29, 0.717) is 12.5 Å². The molecular formula is C21H28N2O2S2. The van der Waals surface area contributed by atoms with Crippen LogP contribution < -0.4 is 5.56 Å². The van der Waals surface area contributed by atoms with E-state index in [9.17, 15) is 4.79 Å². The van der Waals surface area contributed by atoms with Gasteiger partial charge in [-0.05, 0) is 24.3 Å². The van der Waals surface area contributed by atoms with Crippen molar-refractivity contribution in [1.82, 2.24) is 9.55 Å². The van der Waals surface area contributed by atoms with Crippen LogP contribution in [0.1, 0.15) is 62.4 Å². The van der Waals surface area contributed by atoms with Crippen molar-refractivity contribution in [3.05, 3.63) is 33.4 Å². The lowest BCUT2D eigenvalue weighted by Gasteiger charge is -2.27. The molecular weight excluding hydrogens is 376 g/mol. The number of hydrogen-bond acceptors (Lipinski definition) is 5. The summed E-state index contributed by atoms with van der Waals surface area (Å²) in [4.78, 5) is 20.7. The van der Waals surface area contributed by atoms with E-state index in [1.54, 1.807) is 23.1 Å². The van der Waals surface area contributed by atoms with E-state index >= 15 is 0 Å². The maximum absolute atomic E-state index is 13.7. The molecule has 0 bridgehead atoms. The highest BCUT2D eigenvalue weighted by Gasteiger charge is 2.30. The van der Waals surface area contributed by atoms with Crippen LogP contribution in [-0.4, -0.2) is 21.4 Å². The van der Waals surface area contributed by atoms with Crippen molar-refractivity contribution in [2.24, 2.45) is 5.92 Å². The second-order valence-corrected chi connectivity index (χ2v) is 10.0. The third-order valence-electron chi connectivity index (χ3n) is 5.76. The molecule has 0 N–H and O–H groups in total. The van der Waals surface area contributed by atoms with E-state index in [1.165, 1.54) is 29.7 Å². The quantitative estimate of drug-likeness (QED) is 0.383. The first kappa shape index (κ1) is 19.2. The summed E-state index contributed by atoms with van der Waals surface area (Å²) in [7, 11) is 0. The predicted molar refractivity (Wildman–Crippen MR) is 114 cm³/mol. The number of thiophene rings is 1. The topological polar surface area (TPSA) is 44.1 Å². The summed E-state index contributed by atoms with van der Waals surface area (Å²) >= 11 is 3.27. The largest absolute Gasteiger partial charge is 0.372 e. The van der Waals surface area contributed by atoms with Gasteiger partial charge in [0.2, 0.25) is 0 Å². The molecule has 6 heteroatoms. The molecule has 4 rings (SSSR count). The smallest absolute Gasteiger partial charge is 0.263 e. The van der Waals surface area contributed by atoms with Gasteiger partial charge in [-0.3, -0.25) is 9.36 Å². The van der Waals surface area contributed by atoms with Crippen LogP contribution >= 0.6 is 23.1 Å². The fourth-order valence-corrected chi connectivity index (χ4v) is 6.21. The van der Waals surface area contributed by atoms with E-state index in [4.69, 9.17) is 9.72 Å². The molecule has 1 aliphatic heterocycles. The van der Waals surface area contributed by atoms with E-state index in [-0.39, 0.29) is 17.7 Å². The summed E-state index contributed by atoms with van der Waals surface area (Å²) in [5.41, 5.74) is 1.36. The van der Waals surface area contributed by atoms with Crippen LogP contribution in [0.3, 0.4) is 0 Å². The number of ether oxygens (including phenoxy) is 1. The van der Waals surface area contributed by atoms with Crippen molar-refractivity contribution >= 4 is 33.3 Å². The molecule has 3 heterocycles. The second kappa shape index (κ2) is 8.10. The Morgan fingerprint density at radius 1 is 1.37 bits per heavy atom. The second-order valence-electron chi connectivity index (χ2n) is 7.94. The summed E-state index contributed by atoms with van der Waals surface area (Å²) in [6.45, 7) is 8.81. The summed E-state index contributed by atoms with van der Waals surface area (Å²) in [6, 6.07) is 0.284. The van der Waals surface area contributed by atoms with Crippen molar-refractivity contribution in [2.75, 3.05) is 5.75 Å². The van der Waals surface area contributed by atoms with E-state index in [2.05, 4.69) is 20.4 Å². The van der Waals surface area contributed by atoms with E-state index in [1.807, 2.05) is 10.6 Å². The molecule has 27 heavy (non-hydrogen) atoms. The monoisotopic (exact) mass is 404 g/mol. The van der Waals surface area contributed by atoms with Gasteiger partial charge >= 0.3 is 0 Å². The Morgan fingerprint density at radius 3 is 2.85 bits per heavy atom. The number of rotatable bonds is 5. The lowest BCUT2D eigenvalue weighted by molar-refractivity contribution is 0.00200. The maximum atomic E-state index is 13.7. The van der Waals surface area contributed by atoms with Crippen LogP contribution in [0.4, 0.5) is 0 Å². The molecule has 0 aromatic carbocycles. The Balaban J connectivity index is 1.86. The molecule has 146 valence electrons. The molecule has 0 amide bonds. The molecule has 2 aromatic rings. The predicted octanol–water partition coefficient (Wildman–Crippen LogP) is 5.34. The van der Waals surface area contributed by atoms with Crippen molar-refractivity contribution < 1.29 is 4.74 Å². The zero-order valence-electron chi connectivity index (χ0n) is 16.2. The molecule has 1 atom stereocenters. The van der Waals surface area contributed by atoms with Gasteiger partial charge in [-0.2, -0.15) is 0 Å². The molecule has 0 radical (unpaired) electrons. The molecule has 2 aromatic heterocycles. The zero-order valence-corrected chi connectivity index (χ0v) is 17.8. The SMILES string of the molecule is C=CCSc1nc2sc3c(c2c(=O)n1C1CCCCC1)CC(C(C)C)OC3. The van der Waals surface area contributed by atoms with Gasteiger partial charge < -0.3 is 4.74 Å². The average molecular weight is 405 g/mol. The van der Waals surface area contributed by atoms with Crippen LogP contribution in [-0.2, 0) is 17.8 Å². The first-order chi connectivity index (χ1) is 13.1. The Bertz CT molecular complexity index is 894. The fraction of sp³-hybridized carbons (Fsp3) is 0.619. The van der Waals surface area contributed by atoms with E-state index < -0.39 is 0 Å². The van der Waals surface area contributed by atoms with Crippen LogP contribution in [0.2, 0.25) is 0 Å². The van der Waals surface area contributed by atoms with Crippen molar-refractivity contribution in [3.8, 4) is 0 Å². The van der Waals surface area contributed by atoms with E-state index in [0.717, 1.165) is 40.4 Å². The summed E-state index contributed by atoms with van der Waals surface area (Å²) in [6.07, 6.45) is 8.74. The Hall–Kier alpha value is -1.11. The van der Waals surface area contributed by atoms with Gasteiger partial charge in [-0.15, -0.1) is 17.9 Å². The molecule has 0 spiro atoms. The first-order valence-corrected chi connectivity index (χ1v) is 11.8. The van der Waals surface area contributed by atoms with Crippen molar-refractivity contribution in [1.29, 1.82) is 0 Å². The highest BCUT2D eigenvalue weighted by molar-refractivity contribution is 7.99. The van der Waals surface area contributed by atoms with Crippen LogP contribution in [0, 0.1) is 5.92 Å². The Morgan fingerprint density at radius 2 is 2.15 bits per heavy atom. The van der Waals surface area contributed by atoms with Crippen LogP contribution in [0.15, 0.2) is 22.6 Å². The first-order valence-electron chi connectivity index (χ1n) is 10.0. The third kappa shape index (κ3) is 3.64. The van der Waals surface area contributed by atoms with Crippen LogP contribution in [0.25, 0.3) is 10.2 Å². The van der Waals surface area contributed by atoms with Gasteiger partial charge in [-0.25, -0.2) is 4.98 Å². The number of hydrogen-bond donors (Lipinski definition) is 0. The summed E-state index contributed by atoms with van der Waals surface area (Å²) < 4.78 is 8.05. The number of aromatic nitrogens is 2. The normalized spacial score (nSPS) is 20.9. The lowest BCUT2D eigenvalue weighted by Crippen LogP contribution is -2.31. The fourth-order valence-electron chi connectivity index (χ4n) is 4.25. The maximum Gasteiger partial charge on any atom is 0.263 e. The van der Waals surface area contributed by atoms with Crippen molar-refractivity contribution in [3.63, 3.8) is 0 Å². The Kier molecular flexibility index (Phi) is 5.76. The number of thioether (sulfide) groups is 1. The molecule has 1 fully saturated rings. The minimum Gasteiger partial charge on any atom is -0.372 e. The van der Waals surface area contributed by atoms with Crippen molar-refractivity contribution in [2.45, 2.75) is 76.3 Å². The molecule has 0 saturated heterocycles. The van der Waals surface area contributed by atoms with Crippen LogP contribution in [0.5, 0.6) is 0 Å². The standard InChI is InChI=1S/C21H28N2O2S2/c1-4-10-26-21-22-19-18(20(24)23(21)14-8-6-5-7-9-14)15-11-16(13(2)3)25-12-17(15)27-19/h4,13-14,16H,1,5-12H2,2-3H3. The lowest BCUT2D eigenvalue weighted by atomic mass is 9.94. The van der Waals surface area contributed by atoms with Gasteiger partial charge in [0.05, 0.1) is 18.1 Å². The highest BCUT2D eigenvalue weighted by atomic mass is 32.2. The summed E-state index contributed by atoms with van der Waals surface area (Å²) in [5.74, 6) is 1.22. The van der Waals surface area contributed by atoms with Gasteiger partial charge in [0.25, 0.3) is 5.56 Å². The highest BCUT2D eigenvalue weighted by Crippen LogP contribution is 2.37. The van der Waals surface area contributed by atoms with Gasteiger partial charge in [0, 0.05) is 23.1 Å². The summed E-state index contributed by atoms with van der Waals surface area (Å²) in [5, 5.41) is 1.72. The van der Waals surface area contributed by atoms with Gasteiger partial charge in [-0.1, -0.05) is 50.9 Å². The Labute approximate surface area is 169 Å². The zero-order chi connectivity index (χ0) is 19.0.